The summed E-state index contributed by atoms with van der Waals surface area (Å²) < 4.78 is 1.99. The Bertz CT molecular complexity index is 1830. The Morgan fingerprint density at radius 2 is 1.78 bits per heavy atom. The molecule has 4 N–H and O–H groups in total. The van der Waals surface area contributed by atoms with Gasteiger partial charge in [-0.3, -0.25) is 14.8 Å². The molecule has 7 rings (SSSR count). The smallest absolute Gasteiger partial charge is 0.248 e. The van der Waals surface area contributed by atoms with Crippen molar-refractivity contribution >= 4 is 39.6 Å². The standard InChI is InChI=1S/C31H29N9O/c32-29(41)22-3-1-21(2-4-22)19-38-13-15-39(16-14-38)26-9-7-25(8-10-26)35-30-31-33-11-12-40(31)20-28(36-30)23-5-6-24-18-34-37-27(24)17-23/h1-12,17-18,20H,13-16,19H2,(H2,32,41)(H,34,37)(H,35,36). The molecule has 1 aliphatic heterocycles. The molecule has 10 heteroatoms. The lowest BCUT2D eigenvalue weighted by molar-refractivity contribution is 0.1000. The highest BCUT2D eigenvalue weighted by atomic mass is 16.1. The number of amides is 1. The summed E-state index contributed by atoms with van der Waals surface area (Å²) in [6.07, 6.45) is 7.52. The predicted molar refractivity (Wildman–Crippen MR) is 160 cm³/mol. The van der Waals surface area contributed by atoms with E-state index in [0.717, 1.165) is 66.2 Å². The number of carbonyl (C=O) groups excluding carboxylic acids is 1. The van der Waals surface area contributed by atoms with Gasteiger partial charge in [-0.25, -0.2) is 9.97 Å². The number of carbonyl (C=O) groups is 1. The number of hydrogen-bond donors (Lipinski definition) is 3. The van der Waals surface area contributed by atoms with Crippen molar-refractivity contribution in [3.05, 3.63) is 103 Å². The summed E-state index contributed by atoms with van der Waals surface area (Å²) in [6, 6.07) is 22.2. The fourth-order valence-corrected chi connectivity index (χ4v) is 5.34. The molecular formula is C31H29N9O. The molecule has 1 aliphatic rings. The summed E-state index contributed by atoms with van der Waals surface area (Å²) in [7, 11) is 0. The first-order valence-corrected chi connectivity index (χ1v) is 13.6. The van der Waals surface area contributed by atoms with Gasteiger partial charge >= 0.3 is 0 Å². The third-order valence-corrected chi connectivity index (χ3v) is 7.62. The molecule has 0 unspecified atom stereocenters. The number of aromatic nitrogens is 5. The van der Waals surface area contributed by atoms with E-state index < -0.39 is 5.91 Å². The van der Waals surface area contributed by atoms with Gasteiger partial charge in [-0.1, -0.05) is 24.3 Å². The lowest BCUT2D eigenvalue weighted by Gasteiger charge is -2.36. The minimum Gasteiger partial charge on any atom is -0.369 e. The van der Waals surface area contributed by atoms with Crippen molar-refractivity contribution in [1.82, 2.24) is 29.5 Å². The molecule has 0 radical (unpaired) electrons. The molecule has 0 bridgehead atoms. The van der Waals surface area contributed by atoms with Crippen molar-refractivity contribution < 1.29 is 4.79 Å². The zero-order chi connectivity index (χ0) is 27.8. The van der Waals surface area contributed by atoms with Gasteiger partial charge in [0.2, 0.25) is 5.91 Å². The van der Waals surface area contributed by atoms with E-state index in [1.54, 1.807) is 18.3 Å². The lowest BCUT2D eigenvalue weighted by Crippen LogP contribution is -2.45. The summed E-state index contributed by atoms with van der Waals surface area (Å²) in [5.41, 5.74) is 12.8. The number of benzene rings is 3. The van der Waals surface area contributed by atoms with Crippen molar-refractivity contribution in [1.29, 1.82) is 0 Å². The van der Waals surface area contributed by atoms with E-state index in [2.05, 4.69) is 66.7 Å². The highest BCUT2D eigenvalue weighted by molar-refractivity contribution is 5.92. The second-order valence-corrected chi connectivity index (χ2v) is 10.3. The molecule has 1 saturated heterocycles. The maximum atomic E-state index is 11.3. The Hall–Kier alpha value is -5.22. The fourth-order valence-electron chi connectivity index (χ4n) is 5.34. The largest absolute Gasteiger partial charge is 0.369 e. The number of fused-ring (bicyclic) bond motifs is 2. The molecule has 1 fully saturated rings. The van der Waals surface area contributed by atoms with Crippen LogP contribution in [0.2, 0.25) is 0 Å². The zero-order valence-electron chi connectivity index (χ0n) is 22.4. The Morgan fingerprint density at radius 3 is 2.56 bits per heavy atom. The molecule has 0 aliphatic carbocycles. The van der Waals surface area contributed by atoms with Crippen molar-refractivity contribution in [2.24, 2.45) is 5.73 Å². The van der Waals surface area contributed by atoms with Crippen LogP contribution in [-0.4, -0.2) is 61.6 Å². The van der Waals surface area contributed by atoms with Gasteiger partial charge < -0.3 is 20.4 Å². The minimum atomic E-state index is -0.394. The van der Waals surface area contributed by atoms with Crippen LogP contribution in [-0.2, 0) is 6.54 Å². The number of piperazine rings is 1. The molecule has 6 aromatic rings. The van der Waals surface area contributed by atoms with E-state index in [4.69, 9.17) is 10.7 Å². The SMILES string of the molecule is NC(=O)c1ccc(CN2CCN(c3ccc(Nc4nc(-c5ccc6cn[nH]c6c5)cn5ccnc45)cc3)CC2)cc1. The normalized spacial score (nSPS) is 14.1. The third-order valence-electron chi connectivity index (χ3n) is 7.62. The predicted octanol–water partition coefficient (Wildman–Crippen LogP) is 4.44. The lowest BCUT2D eigenvalue weighted by atomic mass is 10.1. The van der Waals surface area contributed by atoms with Crippen LogP contribution in [0.3, 0.4) is 0 Å². The summed E-state index contributed by atoms with van der Waals surface area (Å²) >= 11 is 0. The maximum Gasteiger partial charge on any atom is 0.248 e. The number of imidazole rings is 1. The molecule has 0 atom stereocenters. The van der Waals surface area contributed by atoms with Gasteiger partial charge in [0.1, 0.15) is 0 Å². The van der Waals surface area contributed by atoms with Gasteiger partial charge in [0, 0.05) is 79.2 Å². The molecule has 0 saturated carbocycles. The Labute approximate surface area is 236 Å². The minimum absolute atomic E-state index is 0.394. The first-order valence-electron chi connectivity index (χ1n) is 13.6. The first kappa shape index (κ1) is 24.8. The molecule has 3 aromatic carbocycles. The summed E-state index contributed by atoms with van der Waals surface area (Å²) in [6.45, 7) is 4.70. The highest BCUT2D eigenvalue weighted by Gasteiger charge is 2.18. The number of nitrogens with two attached hydrogens (primary N) is 1. The van der Waals surface area contributed by atoms with Gasteiger partial charge in [-0.2, -0.15) is 5.10 Å². The van der Waals surface area contributed by atoms with E-state index in [9.17, 15) is 4.79 Å². The van der Waals surface area contributed by atoms with E-state index in [1.807, 2.05) is 41.2 Å². The number of hydrogen-bond acceptors (Lipinski definition) is 7. The van der Waals surface area contributed by atoms with Crippen LogP contribution < -0.4 is 16.0 Å². The molecule has 1 amide bonds. The molecule has 0 spiro atoms. The van der Waals surface area contributed by atoms with Gasteiger partial charge in [0.25, 0.3) is 0 Å². The average molecular weight is 544 g/mol. The molecule has 4 heterocycles. The van der Waals surface area contributed by atoms with Gasteiger partial charge in [-0.05, 0) is 48.0 Å². The number of nitrogens with zero attached hydrogens (tertiary/aromatic N) is 6. The van der Waals surface area contributed by atoms with Gasteiger partial charge in [0.05, 0.1) is 17.4 Å². The number of nitrogens with one attached hydrogen (secondary N) is 2. The molecule has 204 valence electrons. The number of rotatable bonds is 7. The third kappa shape index (κ3) is 5.08. The zero-order valence-corrected chi connectivity index (χ0v) is 22.4. The molecular weight excluding hydrogens is 514 g/mol. The van der Waals surface area contributed by atoms with E-state index in [-0.39, 0.29) is 0 Å². The van der Waals surface area contributed by atoms with Crippen LogP contribution in [0.1, 0.15) is 15.9 Å². The number of primary amides is 1. The van der Waals surface area contributed by atoms with Crippen molar-refractivity contribution in [2.75, 3.05) is 36.4 Å². The van der Waals surface area contributed by atoms with Crippen molar-refractivity contribution in [3.63, 3.8) is 0 Å². The van der Waals surface area contributed by atoms with E-state index in [1.165, 1.54) is 11.3 Å². The Morgan fingerprint density at radius 1 is 0.976 bits per heavy atom. The quantitative estimate of drug-likeness (QED) is 0.272. The van der Waals surface area contributed by atoms with Gasteiger partial charge in [-0.15, -0.1) is 0 Å². The van der Waals surface area contributed by atoms with E-state index in [0.29, 0.717) is 11.4 Å². The van der Waals surface area contributed by atoms with Crippen molar-refractivity contribution in [2.45, 2.75) is 6.54 Å². The number of aromatic amines is 1. The van der Waals surface area contributed by atoms with Crippen LogP contribution >= 0.6 is 0 Å². The Balaban J connectivity index is 1.03. The van der Waals surface area contributed by atoms with Crippen molar-refractivity contribution in [3.8, 4) is 11.3 Å². The average Bonchev–Trinajstić information content (AvgIpc) is 3.68. The van der Waals surface area contributed by atoms with Crippen LogP contribution in [0.25, 0.3) is 27.8 Å². The van der Waals surface area contributed by atoms with Crippen LogP contribution in [0.15, 0.2) is 91.5 Å². The van der Waals surface area contributed by atoms with Crippen LogP contribution in [0.4, 0.5) is 17.2 Å². The second-order valence-electron chi connectivity index (χ2n) is 10.3. The summed E-state index contributed by atoms with van der Waals surface area (Å²) in [5.74, 6) is 0.303. The summed E-state index contributed by atoms with van der Waals surface area (Å²) in [4.78, 5) is 25.6. The summed E-state index contributed by atoms with van der Waals surface area (Å²) in [5, 5.41) is 11.7. The second kappa shape index (κ2) is 10.4. The van der Waals surface area contributed by atoms with Gasteiger partial charge in [0.15, 0.2) is 11.5 Å². The molecule has 10 nitrogen and oxygen atoms in total. The van der Waals surface area contributed by atoms with Crippen LogP contribution in [0.5, 0.6) is 0 Å². The Kier molecular flexibility index (Phi) is 6.29. The molecule has 41 heavy (non-hydrogen) atoms. The van der Waals surface area contributed by atoms with Crippen LogP contribution in [0, 0.1) is 0 Å². The number of anilines is 3. The first-order chi connectivity index (χ1) is 20.1. The number of H-pyrrole nitrogens is 1. The fraction of sp³-hybridized carbons (Fsp3) is 0.161. The van der Waals surface area contributed by atoms with E-state index >= 15 is 0 Å². The topological polar surface area (TPSA) is 120 Å². The highest BCUT2D eigenvalue weighted by Crippen LogP contribution is 2.28. The monoisotopic (exact) mass is 543 g/mol. The maximum absolute atomic E-state index is 11.3. The molecule has 3 aromatic heterocycles.